The zero-order chi connectivity index (χ0) is 12.3. The fourth-order valence-electron chi connectivity index (χ4n) is 1.24. The smallest absolute Gasteiger partial charge is 0.123 e. The molecule has 0 N–H and O–H groups in total. The van der Waals surface area contributed by atoms with E-state index in [2.05, 4.69) is 75.8 Å². The molecule has 1 aromatic heterocycles. The lowest BCUT2D eigenvalue weighted by molar-refractivity contribution is 0.0859. The average molecular weight is 416 g/mol. The van der Waals surface area contributed by atoms with E-state index in [1.54, 1.807) is 0 Å². The van der Waals surface area contributed by atoms with Crippen LogP contribution in [0.25, 0.3) is 0 Å². The van der Waals surface area contributed by atoms with Crippen molar-refractivity contribution in [1.29, 1.82) is 0 Å². The van der Waals surface area contributed by atoms with Gasteiger partial charge in [-0.1, -0.05) is 19.6 Å². The first-order chi connectivity index (χ1) is 7.31. The van der Waals surface area contributed by atoms with Crippen molar-refractivity contribution in [3.63, 3.8) is 0 Å². The minimum Gasteiger partial charge on any atom is -0.361 e. The quantitative estimate of drug-likeness (QED) is 0.393. The highest BCUT2D eigenvalue weighted by Crippen LogP contribution is 2.23. The summed E-state index contributed by atoms with van der Waals surface area (Å²) in [5, 5.41) is 0. The van der Waals surface area contributed by atoms with Crippen LogP contribution in [0.1, 0.15) is 5.56 Å². The van der Waals surface area contributed by atoms with Crippen molar-refractivity contribution < 1.29 is 4.74 Å². The van der Waals surface area contributed by atoms with Gasteiger partial charge in [0.15, 0.2) is 0 Å². The SMILES string of the molecule is Cc1c(I)cn(COCC[Si](C)(C)C)c1Br. The molecule has 0 atom stereocenters. The van der Waals surface area contributed by atoms with Gasteiger partial charge in [0.05, 0.1) is 4.60 Å². The number of hydrogen-bond donors (Lipinski definition) is 0. The standard InChI is InChI=1S/C11H19BrINOSi/c1-9-10(13)7-14(11(9)12)8-15-5-6-16(2,3)4/h7H,5-6,8H2,1-4H3. The molecule has 0 amide bonds. The highest BCUT2D eigenvalue weighted by Gasteiger charge is 2.12. The Balaban J connectivity index is 2.41. The van der Waals surface area contributed by atoms with Gasteiger partial charge in [-0.3, -0.25) is 0 Å². The normalized spacial score (nSPS) is 12.1. The second-order valence-electron chi connectivity index (χ2n) is 5.21. The third-order valence-electron chi connectivity index (χ3n) is 2.42. The van der Waals surface area contributed by atoms with Crippen LogP contribution in [0, 0.1) is 10.5 Å². The maximum absolute atomic E-state index is 5.71. The first kappa shape index (κ1) is 14.7. The van der Waals surface area contributed by atoms with Gasteiger partial charge in [-0.15, -0.1) is 0 Å². The van der Waals surface area contributed by atoms with Crippen LogP contribution in [0.5, 0.6) is 0 Å². The molecule has 2 nitrogen and oxygen atoms in total. The third-order valence-corrected chi connectivity index (χ3v) is 6.26. The zero-order valence-electron chi connectivity index (χ0n) is 10.3. The number of ether oxygens (including phenoxy) is 1. The van der Waals surface area contributed by atoms with E-state index in [1.807, 2.05) is 0 Å². The number of nitrogens with zero attached hydrogens (tertiary/aromatic N) is 1. The molecule has 92 valence electrons. The lowest BCUT2D eigenvalue weighted by atomic mass is 10.4. The average Bonchev–Trinajstić information content (AvgIpc) is 2.40. The predicted octanol–water partition coefficient (Wildman–Crippen LogP) is 4.48. The zero-order valence-corrected chi connectivity index (χ0v) is 15.1. The van der Waals surface area contributed by atoms with Crippen molar-refractivity contribution in [2.75, 3.05) is 6.61 Å². The molecule has 0 aromatic carbocycles. The summed E-state index contributed by atoms with van der Waals surface area (Å²) in [6.07, 6.45) is 2.12. The largest absolute Gasteiger partial charge is 0.361 e. The Morgan fingerprint density at radius 1 is 1.44 bits per heavy atom. The maximum atomic E-state index is 5.71. The molecule has 0 spiro atoms. The van der Waals surface area contributed by atoms with Crippen LogP contribution in [0.2, 0.25) is 25.7 Å². The molecule has 5 heteroatoms. The van der Waals surface area contributed by atoms with Gasteiger partial charge in [0.2, 0.25) is 0 Å². The minimum absolute atomic E-state index is 0.648. The second-order valence-corrected chi connectivity index (χ2v) is 12.7. The van der Waals surface area contributed by atoms with Crippen molar-refractivity contribution >= 4 is 46.6 Å². The Morgan fingerprint density at radius 2 is 2.06 bits per heavy atom. The predicted molar refractivity (Wildman–Crippen MR) is 83.7 cm³/mol. The molecule has 0 aliphatic heterocycles. The summed E-state index contributed by atoms with van der Waals surface area (Å²) in [6, 6.07) is 1.22. The molecule has 0 saturated heterocycles. The van der Waals surface area contributed by atoms with Gasteiger partial charge in [-0.25, -0.2) is 0 Å². The first-order valence-corrected chi connectivity index (χ1v) is 11.0. The van der Waals surface area contributed by atoms with E-state index in [9.17, 15) is 0 Å². The van der Waals surface area contributed by atoms with Crippen molar-refractivity contribution in [3.8, 4) is 0 Å². The molecule has 0 aliphatic carbocycles. The molecule has 0 bridgehead atoms. The number of hydrogen-bond acceptors (Lipinski definition) is 1. The minimum atomic E-state index is -0.962. The Kier molecular flexibility index (Phi) is 5.54. The number of rotatable bonds is 5. The van der Waals surface area contributed by atoms with Crippen molar-refractivity contribution in [1.82, 2.24) is 4.57 Å². The highest BCUT2D eigenvalue weighted by atomic mass is 127. The van der Waals surface area contributed by atoms with E-state index >= 15 is 0 Å². The topological polar surface area (TPSA) is 14.2 Å². The maximum Gasteiger partial charge on any atom is 0.123 e. The summed E-state index contributed by atoms with van der Waals surface area (Å²) in [4.78, 5) is 0. The molecular weight excluding hydrogens is 397 g/mol. The molecule has 0 saturated carbocycles. The van der Waals surface area contributed by atoms with Crippen LogP contribution >= 0.6 is 38.5 Å². The molecule has 1 rings (SSSR count). The van der Waals surface area contributed by atoms with E-state index in [4.69, 9.17) is 4.74 Å². The Bertz CT molecular complexity index is 360. The van der Waals surface area contributed by atoms with Crippen molar-refractivity contribution in [3.05, 3.63) is 19.9 Å². The van der Waals surface area contributed by atoms with Crippen molar-refractivity contribution in [2.24, 2.45) is 0 Å². The van der Waals surface area contributed by atoms with Gasteiger partial charge in [-0.2, -0.15) is 0 Å². The Hall–Kier alpha value is 0.667. The molecule has 0 unspecified atom stereocenters. The summed E-state index contributed by atoms with van der Waals surface area (Å²) < 4.78 is 10.2. The van der Waals surface area contributed by atoms with Gasteiger partial charge >= 0.3 is 0 Å². The van der Waals surface area contributed by atoms with Gasteiger partial charge in [0, 0.05) is 24.4 Å². The van der Waals surface area contributed by atoms with Crippen LogP contribution in [0.4, 0.5) is 0 Å². The van der Waals surface area contributed by atoms with Gasteiger partial charge in [0.1, 0.15) is 6.73 Å². The van der Waals surface area contributed by atoms with Crippen LogP contribution in [-0.2, 0) is 11.5 Å². The van der Waals surface area contributed by atoms with Crippen molar-refractivity contribution in [2.45, 2.75) is 39.3 Å². The lowest BCUT2D eigenvalue weighted by Gasteiger charge is -2.15. The summed E-state index contributed by atoms with van der Waals surface area (Å²) >= 11 is 5.92. The number of halogens is 2. The third kappa shape index (κ3) is 4.50. The van der Waals surface area contributed by atoms with Gasteiger partial charge in [0.25, 0.3) is 0 Å². The summed E-state index contributed by atoms with van der Waals surface area (Å²) in [6.45, 7) is 10.7. The van der Waals surface area contributed by atoms with E-state index in [1.165, 1.54) is 15.2 Å². The fraction of sp³-hybridized carbons (Fsp3) is 0.636. The molecular formula is C11H19BrINOSi. The van der Waals surface area contributed by atoms with E-state index in [-0.39, 0.29) is 0 Å². The molecule has 1 heterocycles. The van der Waals surface area contributed by atoms with E-state index in [0.717, 1.165) is 11.2 Å². The molecule has 16 heavy (non-hydrogen) atoms. The first-order valence-electron chi connectivity index (χ1n) is 5.40. The van der Waals surface area contributed by atoms with Crippen LogP contribution in [0.15, 0.2) is 10.8 Å². The highest BCUT2D eigenvalue weighted by molar-refractivity contribution is 14.1. The molecule has 0 radical (unpaired) electrons. The Labute approximate surface area is 121 Å². The van der Waals surface area contributed by atoms with Crippen LogP contribution < -0.4 is 0 Å². The molecule has 0 aliphatic rings. The molecule has 1 aromatic rings. The fourth-order valence-corrected chi connectivity index (χ4v) is 3.38. The summed E-state index contributed by atoms with van der Waals surface area (Å²) in [5.41, 5.74) is 1.29. The van der Waals surface area contributed by atoms with Gasteiger partial charge in [-0.05, 0) is 57.1 Å². The summed E-state index contributed by atoms with van der Waals surface area (Å²) in [5.74, 6) is 0. The van der Waals surface area contributed by atoms with E-state index in [0.29, 0.717) is 6.73 Å². The van der Waals surface area contributed by atoms with E-state index < -0.39 is 8.07 Å². The monoisotopic (exact) mass is 415 g/mol. The second kappa shape index (κ2) is 6.02. The number of aromatic nitrogens is 1. The van der Waals surface area contributed by atoms with Gasteiger partial charge < -0.3 is 9.30 Å². The molecule has 0 fully saturated rings. The van der Waals surface area contributed by atoms with Crippen LogP contribution in [-0.4, -0.2) is 19.2 Å². The Morgan fingerprint density at radius 3 is 2.50 bits per heavy atom. The lowest BCUT2D eigenvalue weighted by Crippen LogP contribution is -2.22. The van der Waals surface area contributed by atoms with Crippen LogP contribution in [0.3, 0.4) is 0 Å². The summed E-state index contributed by atoms with van der Waals surface area (Å²) in [7, 11) is -0.962.